The first kappa shape index (κ1) is 22.8. The van der Waals surface area contributed by atoms with Crippen LogP contribution >= 0.6 is 23.8 Å². The van der Waals surface area contributed by atoms with Crippen molar-refractivity contribution in [2.24, 2.45) is 0 Å². The predicted octanol–water partition coefficient (Wildman–Crippen LogP) is 5.64. The van der Waals surface area contributed by atoms with Crippen LogP contribution in [0.15, 0.2) is 66.4 Å². The molecule has 1 heterocycles. The third kappa shape index (κ3) is 4.84. The molecule has 0 unspecified atom stereocenters. The number of nitrogens with zero attached hydrogens (tertiary/aromatic N) is 1. The smallest absolute Gasteiger partial charge is 0.281 e. The maximum Gasteiger partial charge on any atom is 0.281 e. The van der Waals surface area contributed by atoms with Crippen LogP contribution in [0, 0.1) is 12.7 Å². The first-order valence-electron chi connectivity index (χ1n) is 10.0. The minimum absolute atomic E-state index is 0.140. The van der Waals surface area contributed by atoms with Gasteiger partial charge < -0.3 is 14.8 Å². The second-order valence-corrected chi connectivity index (χ2v) is 8.14. The van der Waals surface area contributed by atoms with Crippen molar-refractivity contribution in [1.82, 2.24) is 5.32 Å². The lowest BCUT2D eigenvalue weighted by Gasteiger charge is -2.16. The molecule has 0 aromatic heterocycles. The molecule has 1 saturated heterocycles. The highest BCUT2D eigenvalue weighted by atomic mass is 35.5. The lowest BCUT2D eigenvalue weighted by molar-refractivity contribution is -0.113. The molecule has 33 heavy (non-hydrogen) atoms. The van der Waals surface area contributed by atoms with Gasteiger partial charge in [-0.25, -0.2) is 4.39 Å². The summed E-state index contributed by atoms with van der Waals surface area (Å²) in [4.78, 5) is 14.6. The van der Waals surface area contributed by atoms with E-state index in [2.05, 4.69) is 5.32 Å². The second-order valence-electron chi connectivity index (χ2n) is 7.35. The molecule has 0 saturated carbocycles. The Bertz CT molecular complexity index is 1280. The van der Waals surface area contributed by atoms with E-state index in [1.165, 1.54) is 23.1 Å². The van der Waals surface area contributed by atoms with Gasteiger partial charge in [-0.3, -0.25) is 9.69 Å². The van der Waals surface area contributed by atoms with Crippen LogP contribution in [0.1, 0.15) is 16.7 Å². The number of nitrogens with one attached hydrogen (secondary N) is 1. The topological polar surface area (TPSA) is 50.8 Å². The highest BCUT2D eigenvalue weighted by Crippen LogP contribution is 2.29. The number of carbonyl (C=O) groups is 1. The molecule has 0 radical (unpaired) electrons. The van der Waals surface area contributed by atoms with Crippen LogP contribution in [0.3, 0.4) is 0 Å². The SMILES string of the molecule is COc1ccc(/C=C2/NC(=S)N(c3ccccc3C)C2=O)cc1COc1ccc(F)cc1Cl. The van der Waals surface area contributed by atoms with Crippen molar-refractivity contribution in [3.63, 3.8) is 0 Å². The van der Waals surface area contributed by atoms with Crippen LogP contribution in [-0.4, -0.2) is 18.1 Å². The Morgan fingerprint density at radius 2 is 1.88 bits per heavy atom. The molecule has 8 heteroatoms. The van der Waals surface area contributed by atoms with Gasteiger partial charge in [-0.1, -0.05) is 35.9 Å². The Kier molecular flexibility index (Phi) is 6.62. The number of para-hydroxylation sites is 1. The normalized spacial score (nSPS) is 14.5. The summed E-state index contributed by atoms with van der Waals surface area (Å²) in [6, 6.07) is 17.0. The van der Waals surface area contributed by atoms with E-state index in [9.17, 15) is 9.18 Å². The van der Waals surface area contributed by atoms with Gasteiger partial charge in [0.05, 0.1) is 17.8 Å². The predicted molar refractivity (Wildman–Crippen MR) is 131 cm³/mol. The molecular formula is C25H20ClFN2O3S. The van der Waals surface area contributed by atoms with Gasteiger partial charge in [-0.05, 0) is 72.7 Å². The molecule has 1 amide bonds. The fourth-order valence-electron chi connectivity index (χ4n) is 3.48. The Hall–Kier alpha value is -3.42. The molecule has 1 N–H and O–H groups in total. The number of benzene rings is 3. The summed E-state index contributed by atoms with van der Waals surface area (Å²) in [7, 11) is 1.56. The van der Waals surface area contributed by atoms with Crippen LogP contribution in [-0.2, 0) is 11.4 Å². The minimum Gasteiger partial charge on any atom is -0.496 e. The minimum atomic E-state index is -0.440. The number of aryl methyl sites for hydroxylation is 1. The lowest BCUT2D eigenvalue weighted by Crippen LogP contribution is -2.30. The van der Waals surface area contributed by atoms with Crippen LogP contribution < -0.4 is 19.7 Å². The third-order valence-electron chi connectivity index (χ3n) is 5.13. The molecule has 0 spiro atoms. The van der Waals surface area contributed by atoms with E-state index in [0.29, 0.717) is 22.3 Å². The van der Waals surface area contributed by atoms with Gasteiger partial charge in [0.25, 0.3) is 5.91 Å². The first-order chi connectivity index (χ1) is 15.9. The maximum absolute atomic E-state index is 13.3. The molecule has 0 aliphatic carbocycles. The zero-order chi connectivity index (χ0) is 23.5. The maximum atomic E-state index is 13.3. The number of thiocarbonyl (C=S) groups is 1. The van der Waals surface area contributed by atoms with Crippen molar-refractivity contribution in [3.05, 3.63) is 93.9 Å². The fourth-order valence-corrected chi connectivity index (χ4v) is 4.00. The van der Waals surface area contributed by atoms with Gasteiger partial charge in [0, 0.05) is 5.56 Å². The number of methoxy groups -OCH3 is 1. The van der Waals surface area contributed by atoms with Gasteiger partial charge >= 0.3 is 0 Å². The van der Waals surface area contributed by atoms with Crippen LogP contribution in [0.2, 0.25) is 5.02 Å². The molecule has 5 nitrogen and oxygen atoms in total. The monoisotopic (exact) mass is 482 g/mol. The number of carbonyl (C=O) groups excluding carboxylic acids is 1. The van der Waals surface area contributed by atoms with Gasteiger partial charge in [-0.2, -0.15) is 0 Å². The van der Waals surface area contributed by atoms with Crippen LogP contribution in [0.4, 0.5) is 10.1 Å². The Labute approximate surface area is 201 Å². The summed E-state index contributed by atoms with van der Waals surface area (Å²) in [6.45, 7) is 2.07. The molecule has 168 valence electrons. The molecule has 3 aromatic carbocycles. The molecule has 0 bridgehead atoms. The highest BCUT2D eigenvalue weighted by molar-refractivity contribution is 7.80. The van der Waals surface area contributed by atoms with Crippen molar-refractivity contribution in [1.29, 1.82) is 0 Å². The van der Waals surface area contributed by atoms with Gasteiger partial charge in [0.15, 0.2) is 5.11 Å². The number of amides is 1. The largest absolute Gasteiger partial charge is 0.496 e. The summed E-state index contributed by atoms with van der Waals surface area (Å²) in [5.41, 5.74) is 3.53. The molecular weight excluding hydrogens is 463 g/mol. The van der Waals surface area contributed by atoms with E-state index in [-0.39, 0.29) is 17.5 Å². The zero-order valence-corrected chi connectivity index (χ0v) is 19.5. The van der Waals surface area contributed by atoms with E-state index < -0.39 is 5.82 Å². The summed E-state index contributed by atoms with van der Waals surface area (Å²) in [6.07, 6.45) is 1.72. The Morgan fingerprint density at radius 1 is 1.12 bits per heavy atom. The van der Waals surface area contributed by atoms with Crippen molar-refractivity contribution < 1.29 is 18.7 Å². The number of rotatable bonds is 6. The van der Waals surface area contributed by atoms with E-state index >= 15 is 0 Å². The van der Waals surface area contributed by atoms with Gasteiger partial charge in [0.2, 0.25) is 0 Å². The summed E-state index contributed by atoms with van der Waals surface area (Å²) in [5, 5.41) is 3.50. The number of ether oxygens (including phenoxy) is 2. The lowest BCUT2D eigenvalue weighted by atomic mass is 10.1. The van der Waals surface area contributed by atoms with E-state index in [4.69, 9.17) is 33.3 Å². The van der Waals surface area contributed by atoms with Crippen molar-refractivity contribution in [3.8, 4) is 11.5 Å². The quantitative estimate of drug-likeness (QED) is 0.364. The summed E-state index contributed by atoms with van der Waals surface area (Å²) in [5.74, 6) is 0.292. The Balaban J connectivity index is 1.59. The Morgan fingerprint density at radius 3 is 2.61 bits per heavy atom. The molecule has 1 fully saturated rings. The van der Waals surface area contributed by atoms with Gasteiger partial charge in [-0.15, -0.1) is 0 Å². The van der Waals surface area contributed by atoms with E-state index in [1.807, 2.05) is 43.3 Å². The first-order valence-corrected chi connectivity index (χ1v) is 10.8. The third-order valence-corrected chi connectivity index (χ3v) is 5.71. The van der Waals surface area contributed by atoms with Crippen molar-refractivity contribution in [2.75, 3.05) is 12.0 Å². The number of anilines is 1. The van der Waals surface area contributed by atoms with Crippen LogP contribution in [0.25, 0.3) is 6.08 Å². The second kappa shape index (κ2) is 9.60. The zero-order valence-electron chi connectivity index (χ0n) is 17.9. The average molecular weight is 483 g/mol. The highest BCUT2D eigenvalue weighted by Gasteiger charge is 2.32. The number of hydrogen-bond donors (Lipinski definition) is 1. The summed E-state index contributed by atoms with van der Waals surface area (Å²) >= 11 is 11.5. The number of hydrogen-bond acceptors (Lipinski definition) is 4. The van der Waals surface area contributed by atoms with E-state index in [1.54, 1.807) is 19.3 Å². The van der Waals surface area contributed by atoms with Crippen LogP contribution in [0.5, 0.6) is 11.5 Å². The standard InChI is InChI=1S/C25H20ClFN2O3S/c1-15-5-3-4-6-21(15)29-24(30)20(28-25(29)33)12-16-7-9-22(31-2)17(11-16)14-32-23-10-8-18(27)13-19(23)26/h3-13H,14H2,1-2H3,(H,28,33)/b20-12+. The van der Waals surface area contributed by atoms with E-state index in [0.717, 1.165) is 22.4 Å². The molecule has 4 rings (SSSR count). The number of halogens is 2. The average Bonchev–Trinajstić information content (AvgIpc) is 3.06. The van der Waals surface area contributed by atoms with Crippen molar-refractivity contribution >= 4 is 46.6 Å². The summed E-state index contributed by atoms with van der Waals surface area (Å²) < 4.78 is 24.5. The van der Waals surface area contributed by atoms with Gasteiger partial charge in [0.1, 0.15) is 29.6 Å². The molecule has 1 aliphatic heterocycles. The molecule has 3 aromatic rings. The fraction of sp³-hybridized carbons (Fsp3) is 0.120. The van der Waals surface area contributed by atoms with Crippen molar-refractivity contribution in [2.45, 2.75) is 13.5 Å². The molecule has 1 aliphatic rings. The molecule has 0 atom stereocenters.